The zero-order valence-electron chi connectivity index (χ0n) is 10.1. The molecular formula is C14H18ClNO. The Bertz CT molecular complexity index is 388. The van der Waals surface area contributed by atoms with E-state index in [0.29, 0.717) is 6.42 Å². The molecule has 2 atom stereocenters. The third-order valence-electron chi connectivity index (χ3n) is 3.26. The number of aryl methyl sites for hydroxylation is 1. The number of alkyl halides is 1. The first-order chi connectivity index (χ1) is 8.15. The van der Waals surface area contributed by atoms with Gasteiger partial charge >= 0.3 is 0 Å². The molecule has 0 aliphatic heterocycles. The van der Waals surface area contributed by atoms with Crippen LogP contribution in [0.1, 0.15) is 30.4 Å². The van der Waals surface area contributed by atoms with Crippen LogP contribution in [0.4, 0.5) is 0 Å². The number of amides is 1. The molecule has 2 rings (SSSR count). The lowest BCUT2D eigenvalue weighted by Gasteiger charge is -2.15. The fourth-order valence-electron chi connectivity index (χ4n) is 2.23. The van der Waals surface area contributed by atoms with Crippen LogP contribution in [0.15, 0.2) is 24.3 Å². The molecule has 2 nitrogen and oxygen atoms in total. The minimum absolute atomic E-state index is 0.0754. The summed E-state index contributed by atoms with van der Waals surface area (Å²) in [5.41, 5.74) is 2.27. The van der Waals surface area contributed by atoms with Gasteiger partial charge in [-0.05, 0) is 31.7 Å². The molecule has 0 aromatic heterocycles. The van der Waals surface area contributed by atoms with Crippen LogP contribution in [0.3, 0.4) is 0 Å². The number of hydrogen-bond donors (Lipinski definition) is 1. The van der Waals surface area contributed by atoms with E-state index in [2.05, 4.69) is 5.32 Å². The van der Waals surface area contributed by atoms with Crippen molar-refractivity contribution >= 4 is 17.5 Å². The Labute approximate surface area is 107 Å². The Morgan fingerprint density at radius 3 is 2.65 bits per heavy atom. The number of hydrogen-bond acceptors (Lipinski definition) is 1. The molecule has 0 heterocycles. The maximum Gasteiger partial charge on any atom is 0.224 e. The van der Waals surface area contributed by atoms with E-state index >= 15 is 0 Å². The first kappa shape index (κ1) is 12.4. The van der Waals surface area contributed by atoms with Gasteiger partial charge in [0.05, 0.1) is 11.8 Å². The predicted molar refractivity (Wildman–Crippen MR) is 70.3 cm³/mol. The summed E-state index contributed by atoms with van der Waals surface area (Å²) in [6.07, 6.45) is 3.58. The molecular weight excluding hydrogens is 234 g/mol. The van der Waals surface area contributed by atoms with Gasteiger partial charge in [0.2, 0.25) is 5.91 Å². The number of halogens is 1. The minimum Gasteiger partial charge on any atom is -0.352 e. The first-order valence-corrected chi connectivity index (χ1v) is 6.58. The van der Waals surface area contributed by atoms with Gasteiger partial charge in [-0.3, -0.25) is 4.79 Å². The van der Waals surface area contributed by atoms with Crippen molar-refractivity contribution in [3.63, 3.8) is 0 Å². The number of nitrogens with one attached hydrogen (secondary N) is 1. The van der Waals surface area contributed by atoms with Crippen molar-refractivity contribution < 1.29 is 4.79 Å². The lowest BCUT2D eigenvalue weighted by molar-refractivity contribution is -0.121. The van der Waals surface area contributed by atoms with Crippen molar-refractivity contribution in [1.82, 2.24) is 5.32 Å². The Morgan fingerprint density at radius 1 is 1.35 bits per heavy atom. The van der Waals surface area contributed by atoms with Crippen LogP contribution < -0.4 is 5.32 Å². The molecule has 1 aliphatic carbocycles. The van der Waals surface area contributed by atoms with Gasteiger partial charge in [0.25, 0.3) is 0 Å². The molecule has 0 bridgehead atoms. The fourth-order valence-corrected chi connectivity index (χ4v) is 2.57. The van der Waals surface area contributed by atoms with Crippen molar-refractivity contribution in [2.75, 3.05) is 0 Å². The molecule has 3 heteroatoms. The van der Waals surface area contributed by atoms with E-state index in [4.69, 9.17) is 11.6 Å². The number of carbonyl (C=O) groups is 1. The predicted octanol–water partition coefficient (Wildman–Crippen LogP) is 2.81. The largest absolute Gasteiger partial charge is 0.352 e. The third kappa shape index (κ3) is 3.47. The van der Waals surface area contributed by atoms with Gasteiger partial charge in [0.1, 0.15) is 0 Å². The smallest absolute Gasteiger partial charge is 0.224 e. The van der Waals surface area contributed by atoms with Crippen molar-refractivity contribution in [2.45, 2.75) is 44.0 Å². The Morgan fingerprint density at radius 2 is 2.06 bits per heavy atom. The normalized spacial score (nSPS) is 23.6. The SMILES string of the molecule is Cc1ccc(CC(=O)NC2CCCC2Cl)cc1. The Kier molecular flexibility index (Phi) is 4.06. The standard InChI is InChI=1S/C14H18ClNO/c1-10-5-7-11(8-6-10)9-14(17)16-13-4-2-3-12(13)15/h5-8,12-13H,2-4,9H2,1H3,(H,16,17). The van der Waals surface area contributed by atoms with Gasteiger partial charge in [-0.2, -0.15) is 0 Å². The van der Waals surface area contributed by atoms with Crippen LogP contribution >= 0.6 is 11.6 Å². The summed E-state index contributed by atoms with van der Waals surface area (Å²) < 4.78 is 0. The minimum atomic E-state index is 0.0754. The lowest BCUT2D eigenvalue weighted by atomic mass is 10.1. The summed E-state index contributed by atoms with van der Waals surface area (Å²) in [5.74, 6) is 0.0754. The van der Waals surface area contributed by atoms with E-state index in [1.54, 1.807) is 0 Å². The molecule has 0 spiro atoms. The maximum absolute atomic E-state index is 11.8. The maximum atomic E-state index is 11.8. The molecule has 2 unspecified atom stereocenters. The molecule has 1 N–H and O–H groups in total. The van der Waals surface area contributed by atoms with Gasteiger partial charge in [0.15, 0.2) is 0 Å². The second kappa shape index (κ2) is 5.54. The highest BCUT2D eigenvalue weighted by molar-refractivity contribution is 6.21. The van der Waals surface area contributed by atoms with Crippen molar-refractivity contribution in [3.05, 3.63) is 35.4 Å². The molecule has 1 amide bonds. The second-order valence-electron chi connectivity index (χ2n) is 4.78. The van der Waals surface area contributed by atoms with Crippen LogP contribution in [0.5, 0.6) is 0 Å². The van der Waals surface area contributed by atoms with Crippen LogP contribution in [0.2, 0.25) is 0 Å². The van der Waals surface area contributed by atoms with Crippen molar-refractivity contribution in [1.29, 1.82) is 0 Å². The van der Waals surface area contributed by atoms with Crippen LogP contribution in [0.25, 0.3) is 0 Å². The average Bonchev–Trinajstić information content (AvgIpc) is 2.68. The highest BCUT2D eigenvalue weighted by atomic mass is 35.5. The lowest BCUT2D eigenvalue weighted by Crippen LogP contribution is -2.38. The van der Waals surface area contributed by atoms with E-state index < -0.39 is 0 Å². The van der Waals surface area contributed by atoms with Crippen LogP contribution in [-0.4, -0.2) is 17.3 Å². The molecule has 1 aliphatic rings. The molecule has 0 radical (unpaired) electrons. The Balaban J connectivity index is 1.86. The molecule has 0 saturated heterocycles. The summed E-state index contributed by atoms with van der Waals surface area (Å²) >= 11 is 6.13. The summed E-state index contributed by atoms with van der Waals surface area (Å²) in [5, 5.41) is 3.13. The number of rotatable bonds is 3. The number of benzene rings is 1. The van der Waals surface area contributed by atoms with Gasteiger partial charge in [0, 0.05) is 6.04 Å². The monoisotopic (exact) mass is 251 g/mol. The highest BCUT2D eigenvalue weighted by Gasteiger charge is 2.26. The fraction of sp³-hybridized carbons (Fsp3) is 0.500. The topological polar surface area (TPSA) is 29.1 Å². The van der Waals surface area contributed by atoms with E-state index in [1.165, 1.54) is 5.56 Å². The molecule has 17 heavy (non-hydrogen) atoms. The summed E-state index contributed by atoms with van der Waals surface area (Å²) in [6, 6.07) is 8.23. The van der Waals surface area contributed by atoms with Crippen LogP contribution in [-0.2, 0) is 11.2 Å². The first-order valence-electron chi connectivity index (χ1n) is 6.14. The molecule has 92 valence electrons. The van der Waals surface area contributed by atoms with E-state index in [9.17, 15) is 4.79 Å². The van der Waals surface area contributed by atoms with Gasteiger partial charge < -0.3 is 5.32 Å². The van der Waals surface area contributed by atoms with Crippen molar-refractivity contribution in [3.8, 4) is 0 Å². The molecule has 1 aromatic rings. The third-order valence-corrected chi connectivity index (χ3v) is 3.79. The molecule has 1 aromatic carbocycles. The van der Waals surface area contributed by atoms with E-state index in [-0.39, 0.29) is 17.3 Å². The zero-order valence-corrected chi connectivity index (χ0v) is 10.8. The van der Waals surface area contributed by atoms with Gasteiger partial charge in [-0.15, -0.1) is 11.6 Å². The van der Waals surface area contributed by atoms with Crippen LogP contribution in [0, 0.1) is 6.92 Å². The molecule has 1 fully saturated rings. The van der Waals surface area contributed by atoms with Crippen molar-refractivity contribution in [2.24, 2.45) is 0 Å². The van der Waals surface area contributed by atoms with Gasteiger partial charge in [-0.1, -0.05) is 29.8 Å². The van der Waals surface area contributed by atoms with E-state index in [1.807, 2.05) is 31.2 Å². The highest BCUT2D eigenvalue weighted by Crippen LogP contribution is 2.23. The number of carbonyl (C=O) groups excluding carboxylic acids is 1. The molecule has 1 saturated carbocycles. The average molecular weight is 252 g/mol. The summed E-state index contributed by atoms with van der Waals surface area (Å²) in [6.45, 7) is 2.04. The second-order valence-corrected chi connectivity index (χ2v) is 5.34. The summed E-state index contributed by atoms with van der Waals surface area (Å²) in [4.78, 5) is 11.8. The van der Waals surface area contributed by atoms with Gasteiger partial charge in [-0.25, -0.2) is 0 Å². The zero-order chi connectivity index (χ0) is 12.3. The Hall–Kier alpha value is -1.02. The summed E-state index contributed by atoms with van der Waals surface area (Å²) in [7, 11) is 0. The van der Waals surface area contributed by atoms with E-state index in [0.717, 1.165) is 24.8 Å². The quantitative estimate of drug-likeness (QED) is 0.823.